The average molecular weight is 691 g/mol. The standard InChI is InChI=1S/C35H46N8O7/c1-34(2,49)28-19-37-41-43(28)23-18-27(32(47)40-35(29(44)30(36)45)12-14-50-15-13-35)42(20-23)33(48)26(16-21-8-4-3-5-9-21)39-31(46)25-17-22-10-6-7-11-24(22)38-25/h6-7,10-11,17,19,21,23,26-27,38,49H,3-5,8-9,12-16,18,20H2,1-2H3,(H2,36,45)(H,39,46)(H,40,47)/t23-,26+,27-/m0/s1. The van der Waals surface area contributed by atoms with Crippen LogP contribution in [-0.4, -0.2) is 96.8 Å². The Morgan fingerprint density at radius 2 is 1.84 bits per heavy atom. The highest BCUT2D eigenvalue weighted by Crippen LogP contribution is 2.34. The molecule has 4 amide bonds. The van der Waals surface area contributed by atoms with Crippen LogP contribution in [0.15, 0.2) is 36.5 Å². The van der Waals surface area contributed by atoms with Gasteiger partial charge < -0.3 is 36.1 Å². The summed E-state index contributed by atoms with van der Waals surface area (Å²) >= 11 is 0. The fourth-order valence-corrected chi connectivity index (χ4v) is 7.73. The Morgan fingerprint density at radius 3 is 2.52 bits per heavy atom. The maximum atomic E-state index is 14.7. The van der Waals surface area contributed by atoms with E-state index in [1.54, 1.807) is 19.9 Å². The van der Waals surface area contributed by atoms with Gasteiger partial charge in [-0.3, -0.25) is 24.0 Å². The van der Waals surface area contributed by atoms with E-state index >= 15 is 0 Å². The first-order valence-electron chi connectivity index (χ1n) is 17.4. The van der Waals surface area contributed by atoms with Gasteiger partial charge in [0.15, 0.2) is 0 Å². The zero-order valence-corrected chi connectivity index (χ0v) is 28.5. The molecule has 1 aliphatic carbocycles. The molecule has 50 heavy (non-hydrogen) atoms. The molecule has 0 spiro atoms. The van der Waals surface area contributed by atoms with Gasteiger partial charge in [0, 0.05) is 49.9 Å². The van der Waals surface area contributed by atoms with Gasteiger partial charge in [-0.25, -0.2) is 4.68 Å². The number of rotatable bonds is 11. The van der Waals surface area contributed by atoms with E-state index in [0.29, 0.717) is 17.8 Å². The zero-order valence-electron chi connectivity index (χ0n) is 28.5. The second-order valence-electron chi connectivity index (χ2n) is 14.4. The van der Waals surface area contributed by atoms with Gasteiger partial charge in [0.05, 0.1) is 17.9 Å². The summed E-state index contributed by atoms with van der Waals surface area (Å²) in [5.41, 5.74) is 4.01. The number of ketones is 1. The lowest BCUT2D eigenvalue weighted by molar-refractivity contribution is -0.147. The highest BCUT2D eigenvalue weighted by atomic mass is 16.5. The molecule has 15 heteroatoms. The van der Waals surface area contributed by atoms with E-state index in [1.807, 2.05) is 24.3 Å². The summed E-state index contributed by atoms with van der Waals surface area (Å²) in [6.45, 7) is 3.47. The summed E-state index contributed by atoms with van der Waals surface area (Å²) in [5.74, 6) is -3.43. The molecular formula is C35H46N8O7. The van der Waals surface area contributed by atoms with Crippen molar-refractivity contribution in [2.45, 2.75) is 101 Å². The number of nitrogens with one attached hydrogen (secondary N) is 3. The van der Waals surface area contributed by atoms with Crippen molar-refractivity contribution in [3.8, 4) is 0 Å². The summed E-state index contributed by atoms with van der Waals surface area (Å²) in [6.07, 6.45) is 7.02. The molecule has 3 fully saturated rings. The van der Waals surface area contributed by atoms with Crippen molar-refractivity contribution in [1.82, 2.24) is 35.5 Å². The Hall–Kier alpha value is -4.63. The van der Waals surface area contributed by atoms with Crippen molar-refractivity contribution in [2.24, 2.45) is 11.7 Å². The number of aliphatic hydroxyl groups is 1. The number of H-pyrrole nitrogens is 1. The summed E-state index contributed by atoms with van der Waals surface area (Å²) in [5, 5.41) is 25.7. The number of nitrogens with zero attached hydrogens (tertiary/aromatic N) is 4. The minimum absolute atomic E-state index is 0.0205. The van der Waals surface area contributed by atoms with E-state index < -0.39 is 58.7 Å². The third-order valence-electron chi connectivity index (χ3n) is 10.5. The second kappa shape index (κ2) is 14.3. The molecule has 3 aromatic rings. The number of carbonyl (C=O) groups is 5. The number of amides is 4. The van der Waals surface area contributed by atoms with Crippen LogP contribution in [0.2, 0.25) is 0 Å². The number of aromatic amines is 1. The quantitative estimate of drug-likeness (QED) is 0.185. The van der Waals surface area contributed by atoms with Crippen molar-refractivity contribution >= 4 is 40.3 Å². The maximum Gasteiger partial charge on any atom is 0.287 e. The van der Waals surface area contributed by atoms with Crippen LogP contribution in [0, 0.1) is 5.92 Å². The SMILES string of the molecule is CC(C)(O)c1cnnn1[C@H]1C[C@@H](C(=O)NC2(C(=O)C(N)=O)CCOCC2)N(C(=O)[C@@H](CC2CCCCC2)NC(=O)c2cc3ccccc3[nH]2)C1. The molecule has 2 aromatic heterocycles. The van der Waals surface area contributed by atoms with Gasteiger partial charge in [-0.1, -0.05) is 55.5 Å². The van der Waals surface area contributed by atoms with Crippen molar-refractivity contribution in [3.63, 3.8) is 0 Å². The molecular weight excluding hydrogens is 644 g/mol. The molecule has 15 nitrogen and oxygen atoms in total. The number of benzene rings is 1. The number of para-hydroxylation sites is 1. The lowest BCUT2D eigenvalue weighted by atomic mass is 9.84. The second-order valence-corrected chi connectivity index (χ2v) is 14.4. The molecule has 268 valence electrons. The van der Waals surface area contributed by atoms with Crippen LogP contribution in [0.25, 0.3) is 10.9 Å². The number of fused-ring (bicyclic) bond motifs is 1. The Bertz CT molecular complexity index is 1720. The number of Topliss-reactive ketones (excluding diaryl/α,β-unsaturated/α-hetero) is 1. The number of carbonyl (C=O) groups excluding carboxylic acids is 5. The van der Waals surface area contributed by atoms with Crippen LogP contribution in [-0.2, 0) is 29.5 Å². The highest BCUT2D eigenvalue weighted by Gasteiger charge is 2.49. The van der Waals surface area contributed by atoms with Gasteiger partial charge in [0.2, 0.25) is 17.6 Å². The topological polar surface area (TPSA) is 215 Å². The molecule has 0 radical (unpaired) electrons. The van der Waals surface area contributed by atoms with Crippen molar-refractivity contribution < 1.29 is 33.8 Å². The number of hydrogen-bond acceptors (Lipinski definition) is 9. The Labute approximate surface area is 289 Å². The zero-order chi connectivity index (χ0) is 35.6. The van der Waals surface area contributed by atoms with Crippen LogP contribution >= 0.6 is 0 Å². The van der Waals surface area contributed by atoms with Crippen LogP contribution in [0.3, 0.4) is 0 Å². The molecule has 6 rings (SSSR count). The number of ether oxygens (including phenoxy) is 1. The normalized spacial score (nSPS) is 21.9. The van der Waals surface area contributed by atoms with Crippen molar-refractivity contribution in [1.29, 1.82) is 0 Å². The summed E-state index contributed by atoms with van der Waals surface area (Å²) in [4.78, 5) is 72.5. The molecule has 6 N–H and O–H groups in total. The first-order valence-corrected chi connectivity index (χ1v) is 17.4. The Balaban J connectivity index is 1.33. The number of hydrogen-bond donors (Lipinski definition) is 5. The van der Waals surface area contributed by atoms with E-state index in [9.17, 15) is 29.1 Å². The lowest BCUT2D eigenvalue weighted by Crippen LogP contribution is -2.64. The molecule has 2 aliphatic heterocycles. The molecule has 0 unspecified atom stereocenters. The van der Waals surface area contributed by atoms with Gasteiger partial charge in [0.1, 0.15) is 28.9 Å². The number of aromatic nitrogens is 4. The molecule has 2 saturated heterocycles. The monoisotopic (exact) mass is 690 g/mol. The number of primary amides is 1. The fourth-order valence-electron chi connectivity index (χ4n) is 7.73. The van der Waals surface area contributed by atoms with Crippen LogP contribution in [0.1, 0.15) is 93.9 Å². The third kappa shape index (κ3) is 7.29. The first kappa shape index (κ1) is 35.2. The van der Waals surface area contributed by atoms with Crippen LogP contribution in [0.5, 0.6) is 0 Å². The van der Waals surface area contributed by atoms with Crippen LogP contribution in [0.4, 0.5) is 0 Å². The van der Waals surface area contributed by atoms with Gasteiger partial charge in [-0.15, -0.1) is 5.10 Å². The minimum atomic E-state index is -1.58. The Morgan fingerprint density at radius 1 is 1.12 bits per heavy atom. The largest absolute Gasteiger partial charge is 0.384 e. The fraction of sp³-hybridized carbons (Fsp3) is 0.571. The number of nitrogens with two attached hydrogens (primary N) is 1. The summed E-state index contributed by atoms with van der Waals surface area (Å²) in [6, 6.07) is 6.60. The summed E-state index contributed by atoms with van der Waals surface area (Å²) < 4.78 is 6.94. The van der Waals surface area contributed by atoms with E-state index in [1.165, 1.54) is 15.8 Å². The van der Waals surface area contributed by atoms with E-state index in [4.69, 9.17) is 10.5 Å². The number of likely N-dealkylation sites (tertiary alicyclic amines) is 1. The van der Waals surface area contributed by atoms with E-state index in [-0.39, 0.29) is 44.9 Å². The molecule has 3 atom stereocenters. The van der Waals surface area contributed by atoms with Crippen molar-refractivity contribution in [3.05, 3.63) is 47.9 Å². The van der Waals surface area contributed by atoms with Crippen molar-refractivity contribution in [2.75, 3.05) is 19.8 Å². The van der Waals surface area contributed by atoms with Gasteiger partial charge in [0.25, 0.3) is 11.8 Å². The maximum absolute atomic E-state index is 14.7. The molecule has 1 saturated carbocycles. The van der Waals surface area contributed by atoms with Gasteiger partial charge in [-0.2, -0.15) is 0 Å². The third-order valence-corrected chi connectivity index (χ3v) is 10.5. The predicted molar refractivity (Wildman–Crippen MR) is 180 cm³/mol. The van der Waals surface area contributed by atoms with E-state index in [2.05, 4.69) is 25.9 Å². The molecule has 0 bridgehead atoms. The first-order chi connectivity index (χ1) is 23.9. The Kier molecular flexibility index (Phi) is 10.1. The lowest BCUT2D eigenvalue weighted by Gasteiger charge is -2.37. The van der Waals surface area contributed by atoms with Gasteiger partial charge in [-0.05, 0) is 38.3 Å². The molecule has 4 heterocycles. The summed E-state index contributed by atoms with van der Waals surface area (Å²) in [7, 11) is 0. The molecule has 1 aromatic carbocycles. The van der Waals surface area contributed by atoms with Crippen LogP contribution < -0.4 is 16.4 Å². The molecule has 3 aliphatic rings. The van der Waals surface area contributed by atoms with E-state index in [0.717, 1.165) is 43.0 Å². The smallest absolute Gasteiger partial charge is 0.287 e. The van der Waals surface area contributed by atoms with Gasteiger partial charge >= 0.3 is 0 Å². The predicted octanol–water partition coefficient (Wildman–Crippen LogP) is 1.62. The minimum Gasteiger partial charge on any atom is -0.384 e. The highest BCUT2D eigenvalue weighted by molar-refractivity contribution is 6.39. The average Bonchev–Trinajstić information content (AvgIpc) is 3.86.